The predicted octanol–water partition coefficient (Wildman–Crippen LogP) is 2.53. The zero-order chi connectivity index (χ0) is 15.6. The normalized spacial score (nSPS) is 19.4. The quantitative estimate of drug-likeness (QED) is 0.854. The minimum atomic E-state index is -0.0946. The van der Waals surface area contributed by atoms with E-state index in [-0.39, 0.29) is 17.5 Å². The van der Waals surface area contributed by atoms with Crippen LogP contribution in [0.15, 0.2) is 24.3 Å². The van der Waals surface area contributed by atoms with Gasteiger partial charge in [-0.05, 0) is 51.9 Å². The van der Waals surface area contributed by atoms with Crippen LogP contribution in [0, 0.1) is 0 Å². The number of benzene rings is 1. The highest BCUT2D eigenvalue weighted by atomic mass is 16.5. The summed E-state index contributed by atoms with van der Waals surface area (Å²) in [7, 11) is 3.69. The third-order valence-electron chi connectivity index (χ3n) is 4.09. The van der Waals surface area contributed by atoms with Crippen molar-refractivity contribution in [1.82, 2.24) is 9.80 Å². The molecule has 0 N–H and O–H groups in total. The molecular formula is C17H26N2O2. The molecule has 1 aromatic rings. The second-order valence-corrected chi connectivity index (χ2v) is 6.73. The van der Waals surface area contributed by atoms with E-state index in [1.807, 2.05) is 30.1 Å². The number of ether oxygens (including phenoxy) is 1. The molecule has 21 heavy (non-hydrogen) atoms. The van der Waals surface area contributed by atoms with Crippen LogP contribution in [0.25, 0.3) is 0 Å². The molecule has 1 aromatic carbocycles. The van der Waals surface area contributed by atoms with Gasteiger partial charge in [0.2, 0.25) is 5.91 Å². The molecule has 116 valence electrons. The van der Waals surface area contributed by atoms with Crippen LogP contribution < -0.4 is 4.74 Å². The predicted molar refractivity (Wildman–Crippen MR) is 84.3 cm³/mol. The van der Waals surface area contributed by atoms with Crippen molar-refractivity contribution in [2.75, 3.05) is 20.7 Å². The van der Waals surface area contributed by atoms with Gasteiger partial charge < -0.3 is 9.64 Å². The van der Waals surface area contributed by atoms with Crippen molar-refractivity contribution < 1.29 is 9.53 Å². The number of likely N-dealkylation sites (N-methyl/N-ethyl adjacent to an activating group) is 1. The van der Waals surface area contributed by atoms with Gasteiger partial charge in [-0.1, -0.05) is 12.1 Å². The molecule has 1 unspecified atom stereocenters. The van der Waals surface area contributed by atoms with Crippen LogP contribution in [-0.4, -0.2) is 48.0 Å². The molecule has 0 aliphatic carbocycles. The number of amides is 1. The van der Waals surface area contributed by atoms with Crippen LogP contribution in [0.2, 0.25) is 0 Å². The third-order valence-corrected chi connectivity index (χ3v) is 4.09. The van der Waals surface area contributed by atoms with Crippen molar-refractivity contribution in [2.45, 2.75) is 45.3 Å². The molecular weight excluding hydrogens is 264 g/mol. The summed E-state index contributed by atoms with van der Waals surface area (Å²) in [6, 6.07) is 8.00. The summed E-state index contributed by atoms with van der Waals surface area (Å²) in [6.45, 7) is 7.88. The lowest BCUT2D eigenvalue weighted by atomic mass is 10.1. The van der Waals surface area contributed by atoms with E-state index >= 15 is 0 Å². The maximum absolute atomic E-state index is 12.6. The monoisotopic (exact) mass is 290 g/mol. The van der Waals surface area contributed by atoms with Crippen LogP contribution in [0.4, 0.5) is 0 Å². The molecule has 1 aliphatic rings. The first kappa shape index (κ1) is 15.8. The fourth-order valence-corrected chi connectivity index (χ4v) is 2.91. The first-order valence-electron chi connectivity index (χ1n) is 7.47. The highest BCUT2D eigenvalue weighted by molar-refractivity contribution is 5.84. The Balaban J connectivity index is 2.04. The lowest BCUT2D eigenvalue weighted by molar-refractivity contribution is -0.135. The van der Waals surface area contributed by atoms with Crippen molar-refractivity contribution >= 4 is 5.91 Å². The molecule has 1 saturated heterocycles. The first-order valence-corrected chi connectivity index (χ1v) is 7.47. The summed E-state index contributed by atoms with van der Waals surface area (Å²) in [6.07, 6.45) is 0.899. The summed E-state index contributed by atoms with van der Waals surface area (Å²) >= 11 is 0. The summed E-state index contributed by atoms with van der Waals surface area (Å²) in [5.41, 5.74) is 1.07. The number of hydrogen-bond acceptors (Lipinski definition) is 3. The van der Waals surface area contributed by atoms with E-state index in [9.17, 15) is 4.79 Å². The summed E-state index contributed by atoms with van der Waals surface area (Å²) in [4.78, 5) is 16.7. The van der Waals surface area contributed by atoms with Crippen LogP contribution >= 0.6 is 0 Å². The maximum Gasteiger partial charge on any atom is 0.240 e. The number of likely N-dealkylation sites (tertiary alicyclic amines) is 1. The number of carbonyl (C=O) groups is 1. The van der Waals surface area contributed by atoms with Crippen LogP contribution in [-0.2, 0) is 11.3 Å². The standard InChI is InChI=1S/C17H26N2O2/c1-17(2,3)19-10-9-15(16(19)20)18(4)12-13-7-6-8-14(11-13)21-5/h6-8,11,15H,9-10,12H2,1-5H3. The minimum absolute atomic E-state index is 0.0181. The first-order chi connectivity index (χ1) is 9.82. The van der Waals surface area contributed by atoms with Gasteiger partial charge >= 0.3 is 0 Å². The number of hydrogen-bond donors (Lipinski definition) is 0. The molecule has 4 nitrogen and oxygen atoms in total. The van der Waals surface area contributed by atoms with Crippen molar-refractivity contribution in [3.8, 4) is 5.75 Å². The molecule has 0 spiro atoms. The van der Waals surface area contributed by atoms with Gasteiger partial charge in [-0.25, -0.2) is 0 Å². The van der Waals surface area contributed by atoms with E-state index in [4.69, 9.17) is 4.74 Å². The Hall–Kier alpha value is -1.55. The van der Waals surface area contributed by atoms with E-state index in [2.05, 4.69) is 31.7 Å². The molecule has 0 radical (unpaired) electrons. The number of methoxy groups -OCH3 is 1. The fourth-order valence-electron chi connectivity index (χ4n) is 2.91. The Morgan fingerprint density at radius 2 is 2.10 bits per heavy atom. The topological polar surface area (TPSA) is 32.8 Å². The number of rotatable bonds is 4. The van der Waals surface area contributed by atoms with Gasteiger partial charge in [0.05, 0.1) is 13.2 Å². The Labute approximate surface area is 127 Å². The average molecular weight is 290 g/mol. The summed E-state index contributed by atoms with van der Waals surface area (Å²) in [5.74, 6) is 1.10. The SMILES string of the molecule is COc1cccc(CN(C)C2CCN(C(C)(C)C)C2=O)c1. The van der Waals surface area contributed by atoms with Gasteiger partial charge in [-0.3, -0.25) is 9.69 Å². The largest absolute Gasteiger partial charge is 0.497 e. The second kappa shape index (κ2) is 6.06. The molecule has 0 saturated carbocycles. The molecule has 0 aromatic heterocycles. The van der Waals surface area contributed by atoms with Gasteiger partial charge in [0.25, 0.3) is 0 Å². The molecule has 1 aliphatic heterocycles. The van der Waals surface area contributed by atoms with Crippen molar-refractivity contribution in [2.24, 2.45) is 0 Å². The van der Waals surface area contributed by atoms with Crippen molar-refractivity contribution in [1.29, 1.82) is 0 Å². The van der Waals surface area contributed by atoms with E-state index in [1.165, 1.54) is 5.56 Å². The molecule has 2 rings (SSSR count). The number of nitrogens with zero attached hydrogens (tertiary/aromatic N) is 2. The second-order valence-electron chi connectivity index (χ2n) is 6.73. The van der Waals surface area contributed by atoms with E-state index in [1.54, 1.807) is 7.11 Å². The minimum Gasteiger partial charge on any atom is -0.497 e. The van der Waals surface area contributed by atoms with Gasteiger partial charge in [-0.2, -0.15) is 0 Å². The highest BCUT2D eigenvalue weighted by Crippen LogP contribution is 2.25. The lowest BCUT2D eigenvalue weighted by Gasteiger charge is -2.33. The van der Waals surface area contributed by atoms with E-state index in [0.717, 1.165) is 25.3 Å². The highest BCUT2D eigenvalue weighted by Gasteiger charge is 2.39. The summed E-state index contributed by atoms with van der Waals surface area (Å²) in [5, 5.41) is 0. The smallest absolute Gasteiger partial charge is 0.240 e. The molecule has 1 fully saturated rings. The fraction of sp³-hybridized carbons (Fsp3) is 0.588. The van der Waals surface area contributed by atoms with Gasteiger partial charge in [0.15, 0.2) is 0 Å². The van der Waals surface area contributed by atoms with Crippen LogP contribution in [0.3, 0.4) is 0 Å². The van der Waals surface area contributed by atoms with E-state index in [0.29, 0.717) is 0 Å². The average Bonchev–Trinajstić information content (AvgIpc) is 2.80. The maximum atomic E-state index is 12.6. The zero-order valence-corrected chi connectivity index (χ0v) is 13.7. The molecule has 1 amide bonds. The van der Waals surface area contributed by atoms with Crippen LogP contribution in [0.5, 0.6) is 5.75 Å². The zero-order valence-electron chi connectivity index (χ0n) is 13.7. The Morgan fingerprint density at radius 3 is 2.67 bits per heavy atom. The Bertz CT molecular complexity index is 508. The molecule has 4 heteroatoms. The number of carbonyl (C=O) groups excluding carboxylic acids is 1. The van der Waals surface area contributed by atoms with Crippen molar-refractivity contribution in [3.05, 3.63) is 29.8 Å². The Morgan fingerprint density at radius 1 is 1.38 bits per heavy atom. The third kappa shape index (κ3) is 3.56. The van der Waals surface area contributed by atoms with Crippen molar-refractivity contribution in [3.63, 3.8) is 0 Å². The summed E-state index contributed by atoms with van der Waals surface area (Å²) < 4.78 is 5.25. The Kier molecular flexibility index (Phi) is 4.57. The van der Waals surface area contributed by atoms with Gasteiger partial charge in [0, 0.05) is 18.6 Å². The molecule has 1 heterocycles. The molecule has 1 atom stereocenters. The lowest BCUT2D eigenvalue weighted by Crippen LogP contribution is -2.46. The van der Waals surface area contributed by atoms with E-state index < -0.39 is 0 Å². The molecule has 0 bridgehead atoms. The van der Waals surface area contributed by atoms with Gasteiger partial charge in [0.1, 0.15) is 5.75 Å². The van der Waals surface area contributed by atoms with Gasteiger partial charge in [-0.15, -0.1) is 0 Å². The van der Waals surface area contributed by atoms with Crippen LogP contribution in [0.1, 0.15) is 32.8 Å².